The molecule has 0 spiro atoms. The summed E-state index contributed by atoms with van der Waals surface area (Å²) in [4.78, 5) is 22.8. The molecule has 21 heavy (non-hydrogen) atoms. The number of anilines is 1. The van der Waals surface area contributed by atoms with Gasteiger partial charge in [0.2, 0.25) is 5.91 Å². The molecule has 1 aromatic carbocycles. The van der Waals surface area contributed by atoms with Crippen molar-refractivity contribution < 1.29 is 18.7 Å². The molecule has 1 heterocycles. The Bertz CT molecular complexity index is 627. The lowest BCUT2D eigenvalue weighted by atomic mass is 10.1. The van der Waals surface area contributed by atoms with Crippen molar-refractivity contribution in [3.05, 3.63) is 60.1 Å². The van der Waals surface area contributed by atoms with Gasteiger partial charge < -0.3 is 14.5 Å². The number of methoxy groups -OCH3 is 1. The molecule has 2 aromatic rings. The van der Waals surface area contributed by atoms with Crippen LogP contribution in [0.15, 0.2) is 53.2 Å². The second-order valence-corrected chi connectivity index (χ2v) is 4.29. The topological polar surface area (TPSA) is 68.5 Å². The molecule has 0 aliphatic carbocycles. The van der Waals surface area contributed by atoms with Crippen molar-refractivity contribution in [2.24, 2.45) is 0 Å². The maximum atomic E-state index is 11.7. The lowest BCUT2D eigenvalue weighted by Crippen LogP contribution is -2.08. The number of esters is 1. The van der Waals surface area contributed by atoms with Gasteiger partial charge in [0.05, 0.1) is 19.8 Å². The number of amides is 1. The highest BCUT2D eigenvalue weighted by atomic mass is 16.5. The third-order valence-electron chi connectivity index (χ3n) is 2.74. The number of ether oxygens (including phenoxy) is 1. The fourth-order valence-corrected chi connectivity index (χ4v) is 1.67. The highest BCUT2D eigenvalue weighted by Crippen LogP contribution is 2.11. The smallest absolute Gasteiger partial charge is 0.309 e. The van der Waals surface area contributed by atoms with Crippen LogP contribution in [0.25, 0.3) is 6.08 Å². The minimum absolute atomic E-state index is 0.211. The summed E-state index contributed by atoms with van der Waals surface area (Å²) in [5, 5.41) is 2.72. The number of hydrogen-bond acceptors (Lipinski definition) is 4. The molecule has 1 amide bonds. The van der Waals surface area contributed by atoms with E-state index in [0.29, 0.717) is 11.4 Å². The molecule has 0 fully saturated rings. The summed E-state index contributed by atoms with van der Waals surface area (Å²) >= 11 is 0. The van der Waals surface area contributed by atoms with Gasteiger partial charge >= 0.3 is 5.97 Å². The number of rotatable bonds is 5. The average Bonchev–Trinajstić information content (AvgIpc) is 3.00. The van der Waals surface area contributed by atoms with Crippen LogP contribution in [-0.2, 0) is 20.7 Å². The monoisotopic (exact) mass is 285 g/mol. The summed E-state index contributed by atoms with van der Waals surface area (Å²) in [7, 11) is 1.35. The van der Waals surface area contributed by atoms with Gasteiger partial charge in [0.1, 0.15) is 5.76 Å². The Kier molecular flexibility index (Phi) is 4.93. The van der Waals surface area contributed by atoms with Gasteiger partial charge in [-0.05, 0) is 35.9 Å². The van der Waals surface area contributed by atoms with Gasteiger partial charge in [-0.25, -0.2) is 0 Å². The molecule has 0 aliphatic heterocycles. The van der Waals surface area contributed by atoms with Crippen LogP contribution < -0.4 is 5.32 Å². The lowest BCUT2D eigenvalue weighted by molar-refractivity contribution is -0.139. The van der Waals surface area contributed by atoms with Crippen molar-refractivity contribution in [1.29, 1.82) is 0 Å². The van der Waals surface area contributed by atoms with E-state index < -0.39 is 0 Å². The number of nitrogens with one attached hydrogen (secondary N) is 1. The van der Waals surface area contributed by atoms with E-state index >= 15 is 0 Å². The Morgan fingerprint density at radius 3 is 2.62 bits per heavy atom. The average molecular weight is 285 g/mol. The second-order valence-electron chi connectivity index (χ2n) is 4.29. The molecule has 1 N–H and O–H groups in total. The van der Waals surface area contributed by atoms with Gasteiger partial charge in [-0.1, -0.05) is 12.1 Å². The summed E-state index contributed by atoms with van der Waals surface area (Å²) in [5.74, 6) is 0.0545. The fraction of sp³-hybridized carbons (Fsp3) is 0.125. The molecular weight excluding hydrogens is 270 g/mol. The van der Waals surface area contributed by atoms with Gasteiger partial charge in [-0.2, -0.15) is 0 Å². The van der Waals surface area contributed by atoms with Gasteiger partial charge in [-0.3, -0.25) is 9.59 Å². The first-order valence-electron chi connectivity index (χ1n) is 6.35. The molecule has 108 valence electrons. The number of hydrogen-bond donors (Lipinski definition) is 1. The van der Waals surface area contributed by atoms with Crippen molar-refractivity contribution >= 4 is 23.6 Å². The highest BCUT2D eigenvalue weighted by molar-refractivity contribution is 6.01. The first kappa shape index (κ1) is 14.6. The molecule has 5 nitrogen and oxygen atoms in total. The number of furan rings is 1. The molecule has 1 aromatic heterocycles. The number of carbonyl (C=O) groups is 2. The van der Waals surface area contributed by atoms with Crippen LogP contribution >= 0.6 is 0 Å². The minimum Gasteiger partial charge on any atom is -0.469 e. The third kappa shape index (κ3) is 4.65. The van der Waals surface area contributed by atoms with Gasteiger partial charge in [0, 0.05) is 11.8 Å². The quantitative estimate of drug-likeness (QED) is 0.677. The van der Waals surface area contributed by atoms with Gasteiger partial charge in [0.15, 0.2) is 0 Å². The Balaban J connectivity index is 1.90. The molecule has 0 saturated carbocycles. The van der Waals surface area contributed by atoms with Crippen molar-refractivity contribution in [1.82, 2.24) is 0 Å². The van der Waals surface area contributed by atoms with Crippen LogP contribution in [-0.4, -0.2) is 19.0 Å². The molecule has 5 heteroatoms. The van der Waals surface area contributed by atoms with Crippen molar-refractivity contribution in [3.63, 3.8) is 0 Å². The van der Waals surface area contributed by atoms with E-state index in [1.807, 2.05) is 0 Å². The zero-order chi connectivity index (χ0) is 15.1. The Labute approximate surface area is 122 Å². The Morgan fingerprint density at radius 2 is 2.00 bits per heavy atom. The van der Waals surface area contributed by atoms with E-state index in [0.717, 1.165) is 5.56 Å². The molecule has 0 saturated heterocycles. The largest absolute Gasteiger partial charge is 0.469 e. The maximum Gasteiger partial charge on any atom is 0.309 e. The summed E-state index contributed by atoms with van der Waals surface area (Å²) in [6, 6.07) is 10.5. The second kappa shape index (κ2) is 7.09. The summed E-state index contributed by atoms with van der Waals surface area (Å²) in [6.45, 7) is 0. The lowest BCUT2D eigenvalue weighted by Gasteiger charge is -2.04. The van der Waals surface area contributed by atoms with Crippen molar-refractivity contribution in [2.75, 3.05) is 12.4 Å². The highest BCUT2D eigenvalue weighted by Gasteiger charge is 2.03. The first-order chi connectivity index (χ1) is 10.2. The van der Waals surface area contributed by atoms with E-state index in [-0.39, 0.29) is 18.3 Å². The van der Waals surface area contributed by atoms with Crippen LogP contribution in [0.5, 0.6) is 0 Å². The van der Waals surface area contributed by atoms with Crippen molar-refractivity contribution in [3.8, 4) is 0 Å². The summed E-state index contributed by atoms with van der Waals surface area (Å²) < 4.78 is 9.68. The fourth-order valence-electron chi connectivity index (χ4n) is 1.67. The number of benzene rings is 1. The van der Waals surface area contributed by atoms with Crippen LogP contribution in [0.2, 0.25) is 0 Å². The SMILES string of the molecule is COC(=O)Cc1ccc(NC(=O)C=Cc2ccco2)cc1. The van der Waals surface area contributed by atoms with Crippen LogP contribution in [0.4, 0.5) is 5.69 Å². The standard InChI is InChI=1S/C16H15NO4/c1-20-16(19)11-12-4-6-13(7-5-12)17-15(18)9-8-14-3-2-10-21-14/h2-10H,11H2,1H3,(H,17,18). The first-order valence-corrected chi connectivity index (χ1v) is 6.35. The van der Waals surface area contributed by atoms with E-state index in [9.17, 15) is 9.59 Å². The molecule has 0 aliphatic rings. The van der Waals surface area contributed by atoms with E-state index in [2.05, 4.69) is 10.1 Å². The zero-order valence-corrected chi connectivity index (χ0v) is 11.5. The van der Waals surface area contributed by atoms with Gasteiger partial charge in [0.25, 0.3) is 0 Å². The van der Waals surface area contributed by atoms with E-state index in [4.69, 9.17) is 4.42 Å². The van der Waals surface area contributed by atoms with Crippen LogP contribution in [0.3, 0.4) is 0 Å². The molecule has 0 bridgehead atoms. The summed E-state index contributed by atoms with van der Waals surface area (Å²) in [5.41, 5.74) is 1.48. The molecule has 2 rings (SSSR count). The predicted octanol–water partition coefficient (Wildman–Crippen LogP) is 2.65. The zero-order valence-electron chi connectivity index (χ0n) is 11.5. The minimum atomic E-state index is -0.298. The van der Waals surface area contributed by atoms with Crippen LogP contribution in [0.1, 0.15) is 11.3 Å². The number of carbonyl (C=O) groups excluding carboxylic acids is 2. The molecule has 0 unspecified atom stereocenters. The van der Waals surface area contributed by atoms with Crippen LogP contribution in [0, 0.1) is 0 Å². The maximum absolute atomic E-state index is 11.7. The Hall–Kier alpha value is -2.82. The van der Waals surface area contributed by atoms with Gasteiger partial charge in [-0.15, -0.1) is 0 Å². The predicted molar refractivity (Wildman–Crippen MR) is 78.5 cm³/mol. The normalized spacial score (nSPS) is 10.5. The Morgan fingerprint density at radius 1 is 1.24 bits per heavy atom. The van der Waals surface area contributed by atoms with E-state index in [1.54, 1.807) is 42.5 Å². The molecule has 0 radical (unpaired) electrons. The molecular formula is C16H15NO4. The summed E-state index contributed by atoms with van der Waals surface area (Å²) in [6.07, 6.45) is 4.73. The van der Waals surface area contributed by atoms with Crippen molar-refractivity contribution in [2.45, 2.75) is 6.42 Å². The third-order valence-corrected chi connectivity index (χ3v) is 2.74. The molecule has 0 atom stereocenters. The van der Waals surface area contributed by atoms with E-state index in [1.165, 1.54) is 19.4 Å².